The molecule has 3 heteroatoms. The first kappa shape index (κ1) is 13.3. The van der Waals surface area contributed by atoms with E-state index in [9.17, 15) is 0 Å². The van der Waals surface area contributed by atoms with Gasteiger partial charge in [-0.25, -0.2) is 0 Å². The maximum atomic E-state index is 5.72. The molecule has 0 aromatic heterocycles. The molecule has 2 saturated heterocycles. The molecule has 0 aliphatic carbocycles. The van der Waals surface area contributed by atoms with Crippen molar-refractivity contribution in [3.8, 4) is 0 Å². The minimum atomic E-state index is 0.422. The van der Waals surface area contributed by atoms with E-state index < -0.39 is 0 Å². The van der Waals surface area contributed by atoms with Gasteiger partial charge in [0.05, 0.1) is 6.10 Å². The van der Waals surface area contributed by atoms with Crippen molar-refractivity contribution in [1.82, 2.24) is 10.2 Å². The first-order valence-electron chi connectivity index (χ1n) is 7.31. The van der Waals surface area contributed by atoms with Gasteiger partial charge < -0.3 is 10.1 Å². The zero-order valence-corrected chi connectivity index (χ0v) is 11.6. The van der Waals surface area contributed by atoms with Gasteiger partial charge in [-0.2, -0.15) is 0 Å². The number of nitrogens with one attached hydrogen (secondary N) is 1. The zero-order chi connectivity index (χ0) is 12.3. The van der Waals surface area contributed by atoms with E-state index in [2.05, 4.69) is 31.0 Å². The summed E-state index contributed by atoms with van der Waals surface area (Å²) in [5.41, 5.74) is 0. The summed E-state index contributed by atoms with van der Waals surface area (Å²) in [6.45, 7) is 11.5. The van der Waals surface area contributed by atoms with Crippen LogP contribution >= 0.6 is 0 Å². The van der Waals surface area contributed by atoms with Gasteiger partial charge in [0.15, 0.2) is 0 Å². The van der Waals surface area contributed by atoms with Gasteiger partial charge in [-0.15, -0.1) is 0 Å². The van der Waals surface area contributed by atoms with Gasteiger partial charge in [-0.1, -0.05) is 20.3 Å². The van der Waals surface area contributed by atoms with Crippen LogP contribution in [0.3, 0.4) is 0 Å². The predicted molar refractivity (Wildman–Crippen MR) is 71.3 cm³/mol. The Balaban J connectivity index is 1.96. The van der Waals surface area contributed by atoms with Crippen molar-refractivity contribution in [2.24, 2.45) is 5.92 Å². The molecule has 4 unspecified atom stereocenters. The molecule has 3 nitrogen and oxygen atoms in total. The monoisotopic (exact) mass is 240 g/mol. The lowest BCUT2D eigenvalue weighted by atomic mass is 9.98. The number of hydrogen-bond donors (Lipinski definition) is 1. The third-order valence-electron chi connectivity index (χ3n) is 4.60. The van der Waals surface area contributed by atoms with Crippen LogP contribution in [0.2, 0.25) is 0 Å². The van der Waals surface area contributed by atoms with Crippen LogP contribution in [0, 0.1) is 5.92 Å². The second-order valence-corrected chi connectivity index (χ2v) is 5.73. The molecule has 0 bridgehead atoms. The molecular formula is C14H28N2O. The maximum Gasteiger partial charge on any atom is 0.0703 e. The predicted octanol–water partition coefficient (Wildman–Crippen LogP) is 1.87. The summed E-state index contributed by atoms with van der Waals surface area (Å²) >= 11 is 0. The van der Waals surface area contributed by atoms with E-state index in [0.29, 0.717) is 18.2 Å². The van der Waals surface area contributed by atoms with Gasteiger partial charge in [0.2, 0.25) is 0 Å². The molecular weight excluding hydrogens is 212 g/mol. The Labute approximate surface area is 106 Å². The average molecular weight is 240 g/mol. The van der Waals surface area contributed by atoms with Crippen LogP contribution < -0.4 is 5.32 Å². The molecule has 2 rings (SSSR count). The average Bonchev–Trinajstić information content (AvgIpc) is 2.63. The summed E-state index contributed by atoms with van der Waals surface area (Å²) < 4.78 is 5.72. The summed E-state index contributed by atoms with van der Waals surface area (Å²) in [7, 11) is 0. The van der Waals surface area contributed by atoms with Gasteiger partial charge in [-0.05, 0) is 38.8 Å². The molecule has 2 aliphatic rings. The number of rotatable bonds is 3. The second-order valence-electron chi connectivity index (χ2n) is 5.73. The summed E-state index contributed by atoms with van der Waals surface area (Å²) in [5, 5.41) is 3.72. The zero-order valence-electron chi connectivity index (χ0n) is 11.6. The van der Waals surface area contributed by atoms with Crippen molar-refractivity contribution in [1.29, 1.82) is 0 Å². The highest BCUT2D eigenvalue weighted by atomic mass is 16.5. The molecule has 1 N–H and O–H groups in total. The summed E-state index contributed by atoms with van der Waals surface area (Å²) in [6, 6.07) is 1.32. The minimum absolute atomic E-state index is 0.422. The number of nitrogens with zero attached hydrogens (tertiary/aromatic N) is 1. The van der Waals surface area contributed by atoms with E-state index in [-0.39, 0.29) is 0 Å². The summed E-state index contributed by atoms with van der Waals surface area (Å²) in [5.74, 6) is 0.772. The second kappa shape index (κ2) is 6.17. The van der Waals surface area contributed by atoms with Crippen molar-refractivity contribution in [2.45, 2.75) is 58.2 Å². The molecule has 17 heavy (non-hydrogen) atoms. The molecule has 2 aliphatic heterocycles. The molecule has 0 radical (unpaired) electrons. The minimum Gasteiger partial charge on any atom is -0.377 e. The van der Waals surface area contributed by atoms with Crippen LogP contribution in [0.15, 0.2) is 0 Å². The van der Waals surface area contributed by atoms with Gasteiger partial charge in [0, 0.05) is 25.2 Å². The fraction of sp³-hybridized carbons (Fsp3) is 1.00. The molecule has 2 heterocycles. The smallest absolute Gasteiger partial charge is 0.0703 e. The van der Waals surface area contributed by atoms with Crippen molar-refractivity contribution in [2.75, 3.05) is 26.2 Å². The van der Waals surface area contributed by atoms with Crippen LogP contribution in [0.5, 0.6) is 0 Å². The van der Waals surface area contributed by atoms with Crippen molar-refractivity contribution >= 4 is 0 Å². The molecule has 4 atom stereocenters. The highest BCUT2D eigenvalue weighted by molar-refractivity contribution is 4.88. The Hall–Kier alpha value is -0.120. The Kier molecular flexibility index (Phi) is 4.83. The third-order valence-corrected chi connectivity index (χ3v) is 4.60. The highest BCUT2D eigenvalue weighted by Gasteiger charge is 2.32. The molecule has 0 aromatic rings. The molecule has 0 spiro atoms. The summed E-state index contributed by atoms with van der Waals surface area (Å²) in [4.78, 5) is 2.68. The summed E-state index contributed by atoms with van der Waals surface area (Å²) in [6.07, 6.45) is 4.18. The Bertz CT molecular complexity index is 234. The topological polar surface area (TPSA) is 24.5 Å². The van der Waals surface area contributed by atoms with Gasteiger partial charge in [-0.3, -0.25) is 4.90 Å². The van der Waals surface area contributed by atoms with Crippen LogP contribution in [-0.4, -0.2) is 49.3 Å². The molecule has 0 aromatic carbocycles. The molecule has 0 amide bonds. The van der Waals surface area contributed by atoms with Gasteiger partial charge in [0.25, 0.3) is 0 Å². The lowest BCUT2D eigenvalue weighted by Gasteiger charge is -2.33. The van der Waals surface area contributed by atoms with E-state index >= 15 is 0 Å². The van der Waals surface area contributed by atoms with Crippen LogP contribution in [0.25, 0.3) is 0 Å². The highest BCUT2D eigenvalue weighted by Crippen LogP contribution is 2.22. The van der Waals surface area contributed by atoms with Crippen molar-refractivity contribution < 1.29 is 4.74 Å². The Morgan fingerprint density at radius 1 is 1.47 bits per heavy atom. The molecule has 100 valence electrons. The number of ether oxygens (including phenoxy) is 1. The van der Waals surface area contributed by atoms with E-state index in [1.54, 1.807) is 0 Å². The molecule has 2 fully saturated rings. The fourth-order valence-corrected chi connectivity index (χ4v) is 3.14. The Morgan fingerprint density at radius 3 is 2.94 bits per heavy atom. The first-order valence-corrected chi connectivity index (χ1v) is 7.31. The normalized spacial score (nSPS) is 37.9. The lowest BCUT2D eigenvalue weighted by Crippen LogP contribution is -2.47. The van der Waals surface area contributed by atoms with Gasteiger partial charge in [0.1, 0.15) is 0 Å². The SMILES string of the molecule is CCC(C)C1CN(C2CCOC2C)CCCN1. The van der Waals surface area contributed by atoms with Gasteiger partial charge >= 0.3 is 0 Å². The first-order chi connectivity index (χ1) is 8.22. The number of hydrogen-bond acceptors (Lipinski definition) is 3. The van der Waals surface area contributed by atoms with Crippen molar-refractivity contribution in [3.63, 3.8) is 0 Å². The third kappa shape index (κ3) is 3.21. The maximum absolute atomic E-state index is 5.72. The standard InChI is InChI=1S/C14H28N2O/c1-4-11(2)13-10-16(8-5-7-15-13)14-6-9-17-12(14)3/h11-15H,4-10H2,1-3H3. The largest absolute Gasteiger partial charge is 0.377 e. The Morgan fingerprint density at radius 2 is 2.29 bits per heavy atom. The van der Waals surface area contributed by atoms with Crippen molar-refractivity contribution in [3.05, 3.63) is 0 Å². The molecule has 0 saturated carbocycles. The van der Waals surface area contributed by atoms with E-state index in [1.165, 1.54) is 38.9 Å². The van der Waals surface area contributed by atoms with Crippen LogP contribution in [-0.2, 0) is 4.74 Å². The van der Waals surface area contributed by atoms with E-state index in [1.807, 2.05) is 0 Å². The van der Waals surface area contributed by atoms with E-state index in [0.717, 1.165) is 12.5 Å². The lowest BCUT2D eigenvalue weighted by molar-refractivity contribution is 0.0707. The van der Waals surface area contributed by atoms with E-state index in [4.69, 9.17) is 4.74 Å². The fourth-order valence-electron chi connectivity index (χ4n) is 3.14. The quantitative estimate of drug-likeness (QED) is 0.815. The van der Waals surface area contributed by atoms with Crippen LogP contribution in [0.1, 0.15) is 40.0 Å². The van der Waals surface area contributed by atoms with Crippen LogP contribution in [0.4, 0.5) is 0 Å².